The van der Waals surface area contributed by atoms with E-state index in [1.807, 2.05) is 6.07 Å². The lowest BCUT2D eigenvalue weighted by molar-refractivity contribution is 0.102. The SMILES string of the molecule is COc1ccc(S(=O)(=O)N2CCCCC2)cc1NC(=O)c1ccc(C#N)cc1. The van der Waals surface area contributed by atoms with E-state index in [4.69, 9.17) is 10.00 Å². The highest BCUT2D eigenvalue weighted by Gasteiger charge is 2.27. The second kappa shape index (κ2) is 8.42. The quantitative estimate of drug-likeness (QED) is 0.833. The fraction of sp³-hybridized carbons (Fsp3) is 0.300. The number of ether oxygens (including phenoxy) is 1. The molecule has 28 heavy (non-hydrogen) atoms. The number of sulfonamides is 1. The molecule has 0 unspecified atom stereocenters. The lowest BCUT2D eigenvalue weighted by atomic mass is 10.1. The van der Waals surface area contributed by atoms with Gasteiger partial charge in [0.15, 0.2) is 0 Å². The van der Waals surface area contributed by atoms with Gasteiger partial charge in [-0.1, -0.05) is 6.42 Å². The average Bonchev–Trinajstić information content (AvgIpc) is 2.74. The largest absolute Gasteiger partial charge is 0.495 e. The molecule has 0 spiro atoms. The number of nitriles is 1. The third-order valence-electron chi connectivity index (χ3n) is 4.65. The summed E-state index contributed by atoms with van der Waals surface area (Å²) in [4.78, 5) is 12.7. The highest BCUT2D eigenvalue weighted by molar-refractivity contribution is 7.89. The van der Waals surface area contributed by atoms with Gasteiger partial charge in [0.2, 0.25) is 10.0 Å². The predicted molar refractivity (Wildman–Crippen MR) is 105 cm³/mol. The van der Waals surface area contributed by atoms with Gasteiger partial charge in [-0.2, -0.15) is 9.57 Å². The maximum absolute atomic E-state index is 12.9. The standard InChI is InChI=1S/C20H21N3O4S/c1-27-19-10-9-17(28(25,26)23-11-3-2-4-12-23)13-18(19)22-20(24)16-7-5-15(14-21)6-8-16/h5-10,13H,2-4,11-12H2,1H3,(H,22,24). The van der Waals surface area contributed by atoms with E-state index < -0.39 is 15.9 Å². The molecule has 0 radical (unpaired) electrons. The molecular weight excluding hydrogens is 378 g/mol. The molecule has 1 amide bonds. The first kappa shape index (κ1) is 19.9. The molecular formula is C20H21N3O4S. The van der Waals surface area contributed by atoms with Crippen molar-refractivity contribution in [3.8, 4) is 11.8 Å². The Morgan fingerprint density at radius 1 is 1.11 bits per heavy atom. The molecule has 0 atom stereocenters. The summed E-state index contributed by atoms with van der Waals surface area (Å²) >= 11 is 0. The molecule has 8 heteroatoms. The van der Waals surface area contributed by atoms with E-state index in [-0.39, 0.29) is 10.6 Å². The number of nitrogens with one attached hydrogen (secondary N) is 1. The Bertz CT molecular complexity index is 1000. The summed E-state index contributed by atoms with van der Waals surface area (Å²) in [5, 5.41) is 11.6. The van der Waals surface area contributed by atoms with Crippen LogP contribution in [-0.4, -0.2) is 38.8 Å². The first-order valence-corrected chi connectivity index (χ1v) is 10.4. The van der Waals surface area contributed by atoms with Crippen LogP contribution in [0.4, 0.5) is 5.69 Å². The van der Waals surface area contributed by atoms with Gasteiger partial charge in [0.1, 0.15) is 5.75 Å². The van der Waals surface area contributed by atoms with Gasteiger partial charge in [-0.15, -0.1) is 0 Å². The van der Waals surface area contributed by atoms with E-state index in [0.717, 1.165) is 19.3 Å². The molecule has 1 aliphatic rings. The minimum Gasteiger partial charge on any atom is -0.495 e. The molecule has 146 valence electrons. The molecule has 7 nitrogen and oxygen atoms in total. The summed E-state index contributed by atoms with van der Waals surface area (Å²) in [6.45, 7) is 1.00. The van der Waals surface area contributed by atoms with Crippen molar-refractivity contribution in [2.24, 2.45) is 0 Å². The molecule has 2 aromatic rings. The van der Waals surface area contributed by atoms with Crippen LogP contribution < -0.4 is 10.1 Å². The van der Waals surface area contributed by atoms with Crippen molar-refractivity contribution < 1.29 is 17.9 Å². The summed E-state index contributed by atoms with van der Waals surface area (Å²) < 4.78 is 32.6. The first-order chi connectivity index (χ1) is 13.5. The van der Waals surface area contributed by atoms with E-state index in [2.05, 4.69) is 5.32 Å². The highest BCUT2D eigenvalue weighted by Crippen LogP contribution is 2.30. The zero-order valence-electron chi connectivity index (χ0n) is 15.5. The Kier molecular flexibility index (Phi) is 5.97. The zero-order chi connectivity index (χ0) is 20.1. The predicted octanol–water partition coefficient (Wildman–Crippen LogP) is 2.99. The van der Waals surface area contributed by atoms with Gasteiger partial charge in [0, 0.05) is 18.7 Å². The van der Waals surface area contributed by atoms with Gasteiger partial charge in [0.05, 0.1) is 29.3 Å². The van der Waals surface area contributed by atoms with E-state index >= 15 is 0 Å². The maximum atomic E-state index is 12.9. The fourth-order valence-electron chi connectivity index (χ4n) is 3.09. The fourth-order valence-corrected chi connectivity index (χ4v) is 4.63. The highest BCUT2D eigenvalue weighted by atomic mass is 32.2. The summed E-state index contributed by atoms with van der Waals surface area (Å²) in [6.07, 6.45) is 2.72. The van der Waals surface area contributed by atoms with Crippen molar-refractivity contribution in [2.45, 2.75) is 24.2 Å². The first-order valence-electron chi connectivity index (χ1n) is 8.95. The number of carbonyl (C=O) groups is 1. The molecule has 0 aliphatic carbocycles. The van der Waals surface area contributed by atoms with Crippen LogP contribution in [0.15, 0.2) is 47.4 Å². The molecule has 1 N–H and O–H groups in total. The maximum Gasteiger partial charge on any atom is 0.255 e. The molecule has 1 saturated heterocycles. The molecule has 1 heterocycles. The zero-order valence-corrected chi connectivity index (χ0v) is 16.3. The van der Waals surface area contributed by atoms with Crippen LogP contribution in [0.1, 0.15) is 35.2 Å². The molecule has 3 rings (SSSR count). The van der Waals surface area contributed by atoms with Crippen molar-refractivity contribution in [1.82, 2.24) is 4.31 Å². The topological polar surface area (TPSA) is 99.5 Å². The number of anilines is 1. The van der Waals surface area contributed by atoms with Crippen LogP contribution in [0.2, 0.25) is 0 Å². The number of piperidine rings is 1. The van der Waals surface area contributed by atoms with E-state index in [1.54, 1.807) is 12.1 Å². The Balaban J connectivity index is 1.88. The Morgan fingerprint density at radius 3 is 2.39 bits per heavy atom. The van der Waals surface area contributed by atoms with Gasteiger partial charge in [-0.3, -0.25) is 4.79 Å². The van der Waals surface area contributed by atoms with E-state index in [0.29, 0.717) is 30.0 Å². The van der Waals surface area contributed by atoms with Crippen molar-refractivity contribution >= 4 is 21.6 Å². The summed E-state index contributed by atoms with van der Waals surface area (Å²) in [6, 6.07) is 12.6. The normalized spacial score (nSPS) is 14.9. The lowest BCUT2D eigenvalue weighted by Crippen LogP contribution is -2.35. The minimum atomic E-state index is -3.63. The Labute approximate surface area is 164 Å². The van der Waals surface area contributed by atoms with Crippen LogP contribution in [0.3, 0.4) is 0 Å². The van der Waals surface area contributed by atoms with Gasteiger partial charge >= 0.3 is 0 Å². The summed E-state index contributed by atoms with van der Waals surface area (Å²) in [5.41, 5.74) is 1.07. The molecule has 2 aromatic carbocycles. The lowest BCUT2D eigenvalue weighted by Gasteiger charge is -2.26. The molecule has 0 bridgehead atoms. The van der Waals surface area contributed by atoms with Gasteiger partial charge in [-0.25, -0.2) is 8.42 Å². The third kappa shape index (κ3) is 4.16. The van der Waals surface area contributed by atoms with Crippen molar-refractivity contribution in [3.63, 3.8) is 0 Å². The number of benzene rings is 2. The molecule has 1 fully saturated rings. The van der Waals surface area contributed by atoms with Crippen molar-refractivity contribution in [2.75, 3.05) is 25.5 Å². The summed E-state index contributed by atoms with van der Waals surface area (Å²) in [5.74, 6) is -0.0603. The summed E-state index contributed by atoms with van der Waals surface area (Å²) in [7, 11) is -2.18. The average molecular weight is 399 g/mol. The molecule has 0 aromatic heterocycles. The van der Waals surface area contributed by atoms with Gasteiger partial charge < -0.3 is 10.1 Å². The second-order valence-corrected chi connectivity index (χ2v) is 8.41. The van der Waals surface area contributed by atoms with Gasteiger partial charge in [-0.05, 0) is 55.3 Å². The number of rotatable bonds is 5. The third-order valence-corrected chi connectivity index (χ3v) is 6.54. The number of hydrogen-bond donors (Lipinski definition) is 1. The Morgan fingerprint density at radius 2 is 1.79 bits per heavy atom. The van der Waals surface area contributed by atoms with Crippen molar-refractivity contribution in [1.29, 1.82) is 5.26 Å². The number of amides is 1. The number of nitrogens with zero attached hydrogens (tertiary/aromatic N) is 2. The minimum absolute atomic E-state index is 0.116. The molecule has 1 aliphatic heterocycles. The number of carbonyl (C=O) groups excluding carboxylic acids is 1. The number of hydrogen-bond acceptors (Lipinski definition) is 5. The smallest absolute Gasteiger partial charge is 0.255 e. The van der Waals surface area contributed by atoms with Crippen LogP contribution >= 0.6 is 0 Å². The molecule has 0 saturated carbocycles. The van der Waals surface area contributed by atoms with E-state index in [9.17, 15) is 13.2 Å². The monoisotopic (exact) mass is 399 g/mol. The van der Waals surface area contributed by atoms with Gasteiger partial charge in [0.25, 0.3) is 5.91 Å². The van der Waals surface area contributed by atoms with Crippen molar-refractivity contribution in [3.05, 3.63) is 53.6 Å². The van der Waals surface area contributed by atoms with Crippen LogP contribution in [0.5, 0.6) is 5.75 Å². The van der Waals surface area contributed by atoms with E-state index in [1.165, 1.54) is 41.7 Å². The van der Waals surface area contributed by atoms with Crippen LogP contribution in [-0.2, 0) is 10.0 Å². The van der Waals surface area contributed by atoms with Crippen LogP contribution in [0.25, 0.3) is 0 Å². The van der Waals surface area contributed by atoms with Crippen LogP contribution in [0, 0.1) is 11.3 Å². The number of methoxy groups -OCH3 is 1. The second-order valence-electron chi connectivity index (χ2n) is 6.47. The Hall–Kier alpha value is -2.89.